The zero-order chi connectivity index (χ0) is 15.2. The maximum absolute atomic E-state index is 11.9. The standard InChI is InChI=1S/C15H22N4O2/c1-2-3-4-13(16)14(20)18-11-5-7-12(8-6-11)19-10-9-17-15(19)21/h5-8,13H,2-4,9-10,16H2,1H3,(H,17,21)(H,18,20). The molecule has 1 aliphatic rings. The zero-order valence-electron chi connectivity index (χ0n) is 12.3. The van der Waals surface area contributed by atoms with Crippen LogP contribution in [0.25, 0.3) is 0 Å². The van der Waals surface area contributed by atoms with Crippen LogP contribution in [0.3, 0.4) is 0 Å². The van der Waals surface area contributed by atoms with Gasteiger partial charge in [-0.2, -0.15) is 0 Å². The summed E-state index contributed by atoms with van der Waals surface area (Å²) in [5.74, 6) is -0.171. The molecule has 2 rings (SSSR count). The Bertz CT molecular complexity index is 501. The molecule has 0 spiro atoms. The van der Waals surface area contributed by atoms with Gasteiger partial charge in [-0.15, -0.1) is 0 Å². The molecule has 1 aliphatic heterocycles. The van der Waals surface area contributed by atoms with E-state index in [2.05, 4.69) is 17.6 Å². The highest BCUT2D eigenvalue weighted by Crippen LogP contribution is 2.19. The second-order valence-electron chi connectivity index (χ2n) is 5.17. The van der Waals surface area contributed by atoms with Crippen LogP contribution in [0.2, 0.25) is 0 Å². The smallest absolute Gasteiger partial charge is 0.321 e. The molecule has 1 fully saturated rings. The van der Waals surface area contributed by atoms with Crippen molar-refractivity contribution < 1.29 is 9.59 Å². The van der Waals surface area contributed by atoms with Crippen LogP contribution in [0.1, 0.15) is 26.2 Å². The van der Waals surface area contributed by atoms with Crippen molar-refractivity contribution in [2.24, 2.45) is 5.73 Å². The number of nitrogens with one attached hydrogen (secondary N) is 2. The SMILES string of the molecule is CCCCC(N)C(=O)Nc1ccc(N2CCNC2=O)cc1. The Labute approximate surface area is 124 Å². The highest BCUT2D eigenvalue weighted by atomic mass is 16.2. The minimum absolute atomic E-state index is 0.0895. The molecule has 114 valence electrons. The van der Waals surface area contributed by atoms with E-state index in [0.717, 1.165) is 18.5 Å². The van der Waals surface area contributed by atoms with E-state index < -0.39 is 6.04 Å². The van der Waals surface area contributed by atoms with Gasteiger partial charge >= 0.3 is 6.03 Å². The first-order valence-corrected chi connectivity index (χ1v) is 7.33. The largest absolute Gasteiger partial charge is 0.336 e. The van der Waals surface area contributed by atoms with E-state index in [9.17, 15) is 9.59 Å². The molecule has 1 aromatic carbocycles. The van der Waals surface area contributed by atoms with Crippen LogP contribution in [0.4, 0.5) is 16.2 Å². The summed E-state index contributed by atoms with van der Waals surface area (Å²) in [7, 11) is 0. The maximum Gasteiger partial charge on any atom is 0.321 e. The summed E-state index contributed by atoms with van der Waals surface area (Å²) in [6.45, 7) is 3.38. The van der Waals surface area contributed by atoms with E-state index in [-0.39, 0.29) is 11.9 Å². The third-order valence-electron chi connectivity index (χ3n) is 3.51. The number of benzene rings is 1. The number of nitrogens with zero attached hydrogens (tertiary/aromatic N) is 1. The first-order chi connectivity index (χ1) is 10.1. The fourth-order valence-electron chi connectivity index (χ4n) is 2.23. The fraction of sp³-hybridized carbons (Fsp3) is 0.467. The van der Waals surface area contributed by atoms with Gasteiger partial charge in [-0.25, -0.2) is 4.79 Å². The Morgan fingerprint density at radius 2 is 2.14 bits per heavy atom. The van der Waals surface area contributed by atoms with Gasteiger partial charge in [0.05, 0.1) is 6.04 Å². The molecule has 1 unspecified atom stereocenters. The van der Waals surface area contributed by atoms with Crippen molar-refractivity contribution in [3.8, 4) is 0 Å². The monoisotopic (exact) mass is 290 g/mol. The number of nitrogens with two attached hydrogens (primary N) is 1. The number of urea groups is 1. The number of unbranched alkanes of at least 4 members (excludes halogenated alkanes) is 1. The van der Waals surface area contributed by atoms with Crippen molar-refractivity contribution in [3.05, 3.63) is 24.3 Å². The number of rotatable bonds is 6. The van der Waals surface area contributed by atoms with Gasteiger partial charge in [0.15, 0.2) is 0 Å². The number of amides is 3. The van der Waals surface area contributed by atoms with Gasteiger partial charge in [-0.1, -0.05) is 19.8 Å². The van der Waals surface area contributed by atoms with Crippen LogP contribution in [-0.2, 0) is 4.79 Å². The minimum Gasteiger partial charge on any atom is -0.336 e. The first-order valence-electron chi connectivity index (χ1n) is 7.33. The molecule has 0 bridgehead atoms. The van der Waals surface area contributed by atoms with E-state index in [1.54, 1.807) is 17.0 Å². The molecular weight excluding hydrogens is 268 g/mol. The van der Waals surface area contributed by atoms with Gasteiger partial charge in [0.1, 0.15) is 0 Å². The van der Waals surface area contributed by atoms with Crippen molar-refractivity contribution in [1.82, 2.24) is 5.32 Å². The Morgan fingerprint density at radius 3 is 2.71 bits per heavy atom. The number of hydrogen-bond acceptors (Lipinski definition) is 3. The summed E-state index contributed by atoms with van der Waals surface area (Å²) in [5, 5.41) is 5.55. The highest BCUT2D eigenvalue weighted by molar-refractivity contribution is 5.96. The van der Waals surface area contributed by atoms with E-state index in [1.165, 1.54) is 0 Å². The number of hydrogen-bond donors (Lipinski definition) is 3. The summed E-state index contributed by atoms with van der Waals surface area (Å²) in [4.78, 5) is 25.1. The Hall–Kier alpha value is -2.08. The molecule has 0 radical (unpaired) electrons. The average Bonchev–Trinajstić information content (AvgIpc) is 2.91. The molecule has 6 nitrogen and oxygen atoms in total. The highest BCUT2D eigenvalue weighted by Gasteiger charge is 2.21. The lowest BCUT2D eigenvalue weighted by Crippen LogP contribution is -2.35. The predicted molar refractivity (Wildman–Crippen MR) is 83.3 cm³/mol. The molecule has 1 atom stereocenters. The second kappa shape index (κ2) is 7.08. The van der Waals surface area contributed by atoms with Crippen molar-refractivity contribution in [3.63, 3.8) is 0 Å². The molecular formula is C15H22N4O2. The lowest BCUT2D eigenvalue weighted by molar-refractivity contribution is -0.117. The normalized spacial score (nSPS) is 15.7. The van der Waals surface area contributed by atoms with Gasteiger partial charge in [0, 0.05) is 24.5 Å². The van der Waals surface area contributed by atoms with E-state index in [1.807, 2.05) is 12.1 Å². The average molecular weight is 290 g/mol. The summed E-state index contributed by atoms with van der Waals surface area (Å²) >= 11 is 0. The van der Waals surface area contributed by atoms with Crippen molar-refractivity contribution >= 4 is 23.3 Å². The van der Waals surface area contributed by atoms with Crippen molar-refractivity contribution in [1.29, 1.82) is 0 Å². The van der Waals surface area contributed by atoms with Crippen molar-refractivity contribution in [2.45, 2.75) is 32.2 Å². The zero-order valence-corrected chi connectivity index (χ0v) is 12.3. The molecule has 1 heterocycles. The third kappa shape index (κ3) is 3.95. The predicted octanol–water partition coefficient (Wildman–Crippen LogP) is 1.67. The summed E-state index contributed by atoms with van der Waals surface area (Å²) in [6.07, 6.45) is 2.65. The Balaban J connectivity index is 1.93. The molecule has 4 N–H and O–H groups in total. The molecule has 0 aliphatic carbocycles. The molecule has 0 aromatic heterocycles. The Morgan fingerprint density at radius 1 is 1.43 bits per heavy atom. The molecule has 1 aromatic rings. The van der Waals surface area contributed by atoms with Crippen LogP contribution in [0, 0.1) is 0 Å². The minimum atomic E-state index is -0.478. The fourth-order valence-corrected chi connectivity index (χ4v) is 2.23. The van der Waals surface area contributed by atoms with Gasteiger partial charge < -0.3 is 16.4 Å². The Kier molecular flexibility index (Phi) is 5.16. The van der Waals surface area contributed by atoms with Gasteiger partial charge in [-0.3, -0.25) is 9.69 Å². The summed E-state index contributed by atoms with van der Waals surface area (Å²) in [6, 6.07) is 6.63. The molecule has 21 heavy (non-hydrogen) atoms. The summed E-state index contributed by atoms with van der Waals surface area (Å²) in [5.41, 5.74) is 7.33. The van der Waals surface area contributed by atoms with E-state index >= 15 is 0 Å². The van der Waals surface area contributed by atoms with Crippen molar-refractivity contribution in [2.75, 3.05) is 23.3 Å². The second-order valence-corrected chi connectivity index (χ2v) is 5.17. The lowest BCUT2D eigenvalue weighted by Gasteiger charge is -2.15. The first kappa shape index (κ1) is 15.3. The number of anilines is 2. The van der Waals surface area contributed by atoms with Crippen LogP contribution in [0.15, 0.2) is 24.3 Å². The van der Waals surface area contributed by atoms with Gasteiger partial charge in [0.2, 0.25) is 5.91 Å². The topological polar surface area (TPSA) is 87.5 Å². The van der Waals surface area contributed by atoms with Crippen LogP contribution < -0.4 is 21.3 Å². The number of carbonyl (C=O) groups is 2. The summed E-state index contributed by atoms with van der Waals surface area (Å²) < 4.78 is 0. The molecule has 6 heteroatoms. The lowest BCUT2D eigenvalue weighted by atomic mass is 10.1. The van der Waals surface area contributed by atoms with Gasteiger partial charge in [-0.05, 0) is 30.7 Å². The van der Waals surface area contributed by atoms with Crippen LogP contribution in [0.5, 0.6) is 0 Å². The van der Waals surface area contributed by atoms with E-state index in [0.29, 0.717) is 25.2 Å². The third-order valence-corrected chi connectivity index (χ3v) is 3.51. The molecule has 3 amide bonds. The van der Waals surface area contributed by atoms with Crippen LogP contribution >= 0.6 is 0 Å². The molecule has 1 saturated heterocycles. The molecule has 0 saturated carbocycles. The number of carbonyl (C=O) groups excluding carboxylic acids is 2. The quantitative estimate of drug-likeness (QED) is 0.744. The van der Waals surface area contributed by atoms with Crippen LogP contribution in [-0.4, -0.2) is 31.1 Å². The van der Waals surface area contributed by atoms with Gasteiger partial charge in [0.25, 0.3) is 0 Å². The van der Waals surface area contributed by atoms with E-state index in [4.69, 9.17) is 5.73 Å². The maximum atomic E-state index is 11.9.